The molecule has 22 heavy (non-hydrogen) atoms. The fourth-order valence-electron chi connectivity index (χ4n) is 2.29. The minimum Gasteiger partial charge on any atom is -0.258 e. The second kappa shape index (κ2) is 5.23. The number of nitrogens with zero attached hydrogens (tertiary/aromatic N) is 1. The molecule has 5 nitrogen and oxygen atoms in total. The maximum atomic E-state index is 12.7. The zero-order valence-corrected chi connectivity index (χ0v) is 12.2. The van der Waals surface area contributed by atoms with E-state index in [4.69, 9.17) is 0 Å². The number of fused-ring (bicyclic) bond motifs is 1. The minimum atomic E-state index is -3.95. The van der Waals surface area contributed by atoms with Crippen molar-refractivity contribution in [1.29, 1.82) is 0 Å². The molecule has 0 atom stereocenters. The van der Waals surface area contributed by atoms with E-state index in [0.29, 0.717) is 10.8 Å². The van der Waals surface area contributed by atoms with Crippen LogP contribution < -0.4 is 0 Å². The molecule has 0 bridgehead atoms. The monoisotopic (exact) mass is 313 g/mol. The van der Waals surface area contributed by atoms with E-state index in [9.17, 15) is 18.5 Å². The minimum absolute atomic E-state index is 0.0355. The predicted octanol–water partition coefficient (Wildman–Crippen LogP) is 3.58. The zero-order chi connectivity index (χ0) is 15.7. The van der Waals surface area contributed by atoms with Crippen LogP contribution in [0, 0.1) is 10.1 Å². The molecule has 0 heterocycles. The van der Waals surface area contributed by atoms with Crippen LogP contribution >= 0.6 is 0 Å². The van der Waals surface area contributed by atoms with Crippen LogP contribution in [0.3, 0.4) is 0 Å². The lowest BCUT2D eigenvalue weighted by Gasteiger charge is -2.07. The van der Waals surface area contributed by atoms with Gasteiger partial charge in [0.1, 0.15) is 4.90 Å². The second-order valence-electron chi connectivity index (χ2n) is 4.74. The summed E-state index contributed by atoms with van der Waals surface area (Å²) in [6, 6.07) is 17.3. The maximum absolute atomic E-state index is 12.7. The van der Waals surface area contributed by atoms with Crippen LogP contribution in [0.25, 0.3) is 10.8 Å². The molecule has 0 saturated heterocycles. The van der Waals surface area contributed by atoms with E-state index < -0.39 is 20.4 Å². The van der Waals surface area contributed by atoms with Crippen molar-refractivity contribution < 1.29 is 13.3 Å². The quantitative estimate of drug-likeness (QED) is 0.547. The Morgan fingerprint density at radius 2 is 1.36 bits per heavy atom. The van der Waals surface area contributed by atoms with Crippen LogP contribution in [0.4, 0.5) is 5.69 Å². The smallest absolute Gasteiger partial charge is 0.258 e. The number of benzene rings is 3. The first-order valence-corrected chi connectivity index (χ1v) is 7.96. The molecule has 3 aromatic carbocycles. The fraction of sp³-hybridized carbons (Fsp3) is 0. The van der Waals surface area contributed by atoms with Crippen molar-refractivity contribution in [2.24, 2.45) is 0 Å². The molecule has 0 radical (unpaired) electrons. The molecule has 0 unspecified atom stereocenters. The molecule has 0 spiro atoms. The molecule has 3 aromatic rings. The maximum Gasteiger partial charge on any atom is 0.288 e. The Morgan fingerprint density at radius 1 is 0.818 bits per heavy atom. The molecule has 0 N–H and O–H groups in total. The first-order valence-electron chi connectivity index (χ1n) is 6.47. The topological polar surface area (TPSA) is 77.3 Å². The van der Waals surface area contributed by atoms with Crippen LogP contribution in [0.2, 0.25) is 0 Å². The lowest BCUT2D eigenvalue weighted by molar-refractivity contribution is -0.387. The van der Waals surface area contributed by atoms with Gasteiger partial charge in [0.2, 0.25) is 9.84 Å². The normalized spacial score (nSPS) is 11.5. The van der Waals surface area contributed by atoms with Crippen molar-refractivity contribution in [2.75, 3.05) is 0 Å². The van der Waals surface area contributed by atoms with Gasteiger partial charge in [0.05, 0.1) is 9.82 Å². The molecular formula is C16H11NO4S. The molecule has 0 aliphatic heterocycles. The lowest BCUT2D eigenvalue weighted by Crippen LogP contribution is -2.05. The third-order valence-corrected chi connectivity index (χ3v) is 5.17. The van der Waals surface area contributed by atoms with Crippen LogP contribution in [0.15, 0.2) is 76.5 Å². The number of hydrogen-bond acceptors (Lipinski definition) is 4. The van der Waals surface area contributed by atoms with Gasteiger partial charge in [-0.3, -0.25) is 10.1 Å². The van der Waals surface area contributed by atoms with Crippen molar-refractivity contribution in [3.8, 4) is 0 Å². The van der Waals surface area contributed by atoms with E-state index in [2.05, 4.69) is 0 Å². The predicted molar refractivity (Wildman–Crippen MR) is 82.5 cm³/mol. The Bertz CT molecular complexity index is 966. The third-order valence-electron chi connectivity index (χ3n) is 3.37. The summed E-state index contributed by atoms with van der Waals surface area (Å²) >= 11 is 0. The summed E-state index contributed by atoms with van der Waals surface area (Å²) in [4.78, 5) is 10.4. The van der Waals surface area contributed by atoms with Crippen LogP contribution in [0.5, 0.6) is 0 Å². The highest BCUT2D eigenvalue weighted by molar-refractivity contribution is 7.91. The number of nitro benzene ring substituents is 1. The SMILES string of the molecule is O=[N+]([O-])c1cc2ccccc2cc1S(=O)(=O)c1ccccc1. The Hall–Kier alpha value is -2.73. The largest absolute Gasteiger partial charge is 0.288 e. The number of hydrogen-bond donors (Lipinski definition) is 0. The van der Waals surface area contributed by atoms with Gasteiger partial charge in [-0.05, 0) is 29.0 Å². The highest BCUT2D eigenvalue weighted by Gasteiger charge is 2.28. The molecule has 3 rings (SSSR count). The Balaban J connectivity index is 2.34. The first kappa shape index (κ1) is 14.2. The zero-order valence-electron chi connectivity index (χ0n) is 11.3. The summed E-state index contributed by atoms with van der Waals surface area (Å²) in [6.07, 6.45) is 0. The van der Waals surface area contributed by atoms with E-state index in [0.717, 1.165) is 0 Å². The lowest BCUT2D eigenvalue weighted by atomic mass is 10.1. The van der Waals surface area contributed by atoms with Gasteiger partial charge in [-0.25, -0.2) is 8.42 Å². The van der Waals surface area contributed by atoms with Crippen LogP contribution in [-0.4, -0.2) is 13.3 Å². The molecule has 110 valence electrons. The van der Waals surface area contributed by atoms with Crippen LogP contribution in [-0.2, 0) is 9.84 Å². The van der Waals surface area contributed by atoms with Crippen molar-refractivity contribution >= 4 is 26.3 Å². The van der Waals surface area contributed by atoms with E-state index in [-0.39, 0.29) is 9.79 Å². The second-order valence-corrected chi connectivity index (χ2v) is 6.66. The summed E-state index contributed by atoms with van der Waals surface area (Å²) < 4.78 is 25.4. The van der Waals surface area contributed by atoms with Gasteiger partial charge >= 0.3 is 0 Å². The van der Waals surface area contributed by atoms with Gasteiger partial charge in [-0.1, -0.05) is 42.5 Å². The van der Waals surface area contributed by atoms with Crippen LogP contribution in [0.1, 0.15) is 0 Å². The number of sulfone groups is 1. The molecule has 0 saturated carbocycles. The van der Waals surface area contributed by atoms with E-state index in [1.54, 1.807) is 42.5 Å². The highest BCUT2D eigenvalue weighted by atomic mass is 32.2. The highest BCUT2D eigenvalue weighted by Crippen LogP contribution is 2.33. The summed E-state index contributed by atoms with van der Waals surface area (Å²) in [5.74, 6) is 0. The van der Waals surface area contributed by atoms with E-state index in [1.165, 1.54) is 24.3 Å². The first-order chi connectivity index (χ1) is 10.5. The molecule has 0 fully saturated rings. The van der Waals surface area contributed by atoms with Crippen molar-refractivity contribution in [3.05, 3.63) is 76.8 Å². The summed E-state index contributed by atoms with van der Waals surface area (Å²) in [7, 11) is -3.95. The van der Waals surface area contributed by atoms with E-state index >= 15 is 0 Å². The van der Waals surface area contributed by atoms with Gasteiger partial charge in [0.25, 0.3) is 5.69 Å². The summed E-state index contributed by atoms with van der Waals surface area (Å²) in [5, 5.41) is 12.6. The van der Waals surface area contributed by atoms with Gasteiger partial charge in [0.15, 0.2) is 0 Å². The van der Waals surface area contributed by atoms with Gasteiger partial charge in [-0.15, -0.1) is 0 Å². The average Bonchev–Trinajstić information content (AvgIpc) is 2.54. The van der Waals surface area contributed by atoms with Crippen molar-refractivity contribution in [1.82, 2.24) is 0 Å². The summed E-state index contributed by atoms with van der Waals surface area (Å²) in [6.45, 7) is 0. The molecular weight excluding hydrogens is 302 g/mol. The number of rotatable bonds is 3. The van der Waals surface area contributed by atoms with Gasteiger partial charge in [0, 0.05) is 6.07 Å². The Labute approximate surface area is 126 Å². The fourth-order valence-corrected chi connectivity index (χ4v) is 3.75. The Kier molecular flexibility index (Phi) is 3.38. The van der Waals surface area contributed by atoms with Gasteiger partial charge in [-0.2, -0.15) is 0 Å². The summed E-state index contributed by atoms with van der Waals surface area (Å²) in [5.41, 5.74) is -0.414. The van der Waals surface area contributed by atoms with Crippen molar-refractivity contribution in [2.45, 2.75) is 9.79 Å². The average molecular weight is 313 g/mol. The standard InChI is InChI=1S/C16H11NO4S/c18-17(19)15-10-12-6-4-5-7-13(12)11-16(15)22(20,21)14-8-2-1-3-9-14/h1-11H. The Morgan fingerprint density at radius 3 is 1.95 bits per heavy atom. The number of nitro groups is 1. The molecule has 0 aliphatic carbocycles. The molecule has 0 aliphatic rings. The van der Waals surface area contributed by atoms with E-state index in [1.807, 2.05) is 0 Å². The van der Waals surface area contributed by atoms with Crippen molar-refractivity contribution in [3.63, 3.8) is 0 Å². The molecule has 6 heteroatoms. The molecule has 0 amide bonds. The molecule has 0 aromatic heterocycles. The third kappa shape index (κ3) is 2.33. The van der Waals surface area contributed by atoms with Gasteiger partial charge < -0.3 is 0 Å².